The van der Waals surface area contributed by atoms with Crippen LogP contribution in [0, 0.1) is 23.7 Å². The van der Waals surface area contributed by atoms with E-state index >= 15 is 0 Å². The highest BCUT2D eigenvalue weighted by molar-refractivity contribution is 5.79. The van der Waals surface area contributed by atoms with Gasteiger partial charge in [-0.2, -0.15) is 0 Å². The molecule has 2 unspecified atom stereocenters. The summed E-state index contributed by atoms with van der Waals surface area (Å²) in [7, 11) is 0. The van der Waals surface area contributed by atoms with Gasteiger partial charge in [-0.05, 0) is 68.6 Å². The van der Waals surface area contributed by atoms with Gasteiger partial charge in [0.2, 0.25) is 0 Å². The molecule has 2 saturated carbocycles. The van der Waals surface area contributed by atoms with E-state index in [2.05, 4.69) is 13.8 Å². The zero-order chi connectivity index (χ0) is 15.2. The normalized spacial score (nSPS) is 31.1. The van der Waals surface area contributed by atoms with Crippen molar-refractivity contribution in [1.29, 1.82) is 0 Å². The predicted octanol–water partition coefficient (Wildman–Crippen LogP) is 4.71. The second-order valence-corrected chi connectivity index (χ2v) is 7.63. The predicted molar refractivity (Wildman–Crippen MR) is 89.1 cm³/mol. The molecular formula is C19H35NO. The fourth-order valence-corrected chi connectivity index (χ4v) is 4.94. The van der Waals surface area contributed by atoms with Gasteiger partial charge < -0.3 is 5.73 Å². The van der Waals surface area contributed by atoms with Crippen molar-refractivity contribution >= 4 is 5.78 Å². The van der Waals surface area contributed by atoms with E-state index < -0.39 is 0 Å². The molecule has 0 heterocycles. The maximum absolute atomic E-state index is 11.5. The smallest absolute Gasteiger partial charge is 0.132 e. The summed E-state index contributed by atoms with van der Waals surface area (Å²) in [6.45, 7) is 4.73. The number of Topliss-reactive ketones (excluding diaryl/α,β-unsaturated/α-hetero) is 1. The lowest BCUT2D eigenvalue weighted by atomic mass is 9.68. The Bertz CT molecular complexity index is 310. The molecule has 21 heavy (non-hydrogen) atoms. The van der Waals surface area contributed by atoms with Gasteiger partial charge in [-0.15, -0.1) is 0 Å². The molecule has 0 spiro atoms. The Kier molecular flexibility index (Phi) is 6.73. The highest BCUT2D eigenvalue weighted by Crippen LogP contribution is 2.40. The lowest BCUT2D eigenvalue weighted by Crippen LogP contribution is -2.31. The van der Waals surface area contributed by atoms with E-state index in [1.807, 2.05) is 0 Å². The van der Waals surface area contributed by atoms with E-state index in [0.29, 0.717) is 11.8 Å². The minimum absolute atomic E-state index is 0.465. The van der Waals surface area contributed by atoms with E-state index in [4.69, 9.17) is 5.73 Å². The van der Waals surface area contributed by atoms with Crippen LogP contribution in [0.15, 0.2) is 0 Å². The van der Waals surface area contributed by atoms with E-state index in [1.54, 1.807) is 0 Å². The van der Waals surface area contributed by atoms with E-state index in [-0.39, 0.29) is 0 Å². The van der Waals surface area contributed by atoms with Crippen LogP contribution in [0.2, 0.25) is 0 Å². The summed E-state index contributed by atoms with van der Waals surface area (Å²) in [5.74, 6) is 3.93. The number of carbonyl (C=O) groups excluding carboxylic acids is 1. The zero-order valence-electron chi connectivity index (χ0n) is 14.2. The summed E-state index contributed by atoms with van der Waals surface area (Å²) >= 11 is 0. The molecule has 0 saturated heterocycles. The first kappa shape index (κ1) is 17.0. The van der Waals surface area contributed by atoms with Crippen molar-refractivity contribution in [2.45, 2.75) is 90.5 Å². The van der Waals surface area contributed by atoms with Crippen molar-refractivity contribution in [3.63, 3.8) is 0 Å². The Morgan fingerprint density at radius 2 is 1.62 bits per heavy atom. The summed E-state index contributed by atoms with van der Waals surface area (Å²) in [6.07, 6.45) is 13.2. The highest BCUT2D eigenvalue weighted by Gasteiger charge is 2.32. The number of ketones is 1. The fraction of sp³-hybridized carbons (Fsp3) is 0.947. The third kappa shape index (κ3) is 4.81. The first-order valence-corrected chi connectivity index (χ1v) is 9.41. The Morgan fingerprint density at radius 1 is 1.00 bits per heavy atom. The lowest BCUT2D eigenvalue weighted by Gasteiger charge is -2.37. The third-order valence-electron chi connectivity index (χ3n) is 6.32. The molecule has 2 aliphatic carbocycles. The van der Waals surface area contributed by atoms with E-state index in [0.717, 1.165) is 49.4 Å². The molecule has 0 radical (unpaired) electrons. The van der Waals surface area contributed by atoms with Gasteiger partial charge in [0.1, 0.15) is 5.78 Å². The Labute approximate surface area is 131 Å². The summed E-state index contributed by atoms with van der Waals surface area (Å²) in [5.41, 5.74) is 6.04. The average molecular weight is 293 g/mol. The van der Waals surface area contributed by atoms with Crippen LogP contribution in [-0.4, -0.2) is 11.8 Å². The molecule has 0 aromatic heterocycles. The van der Waals surface area contributed by atoms with Crippen molar-refractivity contribution in [1.82, 2.24) is 0 Å². The fourth-order valence-electron chi connectivity index (χ4n) is 4.94. The van der Waals surface area contributed by atoms with Gasteiger partial charge >= 0.3 is 0 Å². The average Bonchev–Trinajstić information content (AvgIpc) is 2.50. The van der Waals surface area contributed by atoms with Crippen molar-refractivity contribution in [2.24, 2.45) is 29.4 Å². The largest absolute Gasteiger partial charge is 0.328 e. The lowest BCUT2D eigenvalue weighted by molar-refractivity contribution is -0.121. The summed E-state index contributed by atoms with van der Waals surface area (Å²) in [5, 5.41) is 0. The number of hydrogen-bond acceptors (Lipinski definition) is 2. The molecule has 122 valence electrons. The molecule has 2 fully saturated rings. The first-order chi connectivity index (χ1) is 10.1. The van der Waals surface area contributed by atoms with Gasteiger partial charge in [0.05, 0.1) is 0 Å². The molecule has 2 heteroatoms. The number of hydrogen-bond donors (Lipinski definition) is 1. The van der Waals surface area contributed by atoms with Crippen LogP contribution >= 0.6 is 0 Å². The number of nitrogens with two attached hydrogens (primary N) is 1. The number of carbonyl (C=O) groups is 1. The monoisotopic (exact) mass is 293 g/mol. The maximum atomic E-state index is 11.5. The second-order valence-electron chi connectivity index (χ2n) is 7.63. The first-order valence-electron chi connectivity index (χ1n) is 9.41. The van der Waals surface area contributed by atoms with Crippen LogP contribution in [0.3, 0.4) is 0 Å². The third-order valence-corrected chi connectivity index (χ3v) is 6.32. The summed E-state index contributed by atoms with van der Waals surface area (Å²) < 4.78 is 0. The maximum Gasteiger partial charge on any atom is 0.132 e. The standard InChI is InChI=1S/C19H35NO/c1-3-15(13-14-5-9-17(20)10-6-14)19(4-2)16-7-11-18(21)12-8-16/h14-17,19H,3-13,20H2,1-2H3. The molecule has 0 amide bonds. The van der Waals surface area contributed by atoms with Crippen molar-refractivity contribution in [3.05, 3.63) is 0 Å². The van der Waals surface area contributed by atoms with Crippen LogP contribution in [0.5, 0.6) is 0 Å². The molecule has 2 aliphatic rings. The molecule has 2 nitrogen and oxygen atoms in total. The quantitative estimate of drug-likeness (QED) is 0.771. The van der Waals surface area contributed by atoms with Gasteiger partial charge in [-0.25, -0.2) is 0 Å². The molecule has 0 aromatic carbocycles. The van der Waals surface area contributed by atoms with Crippen LogP contribution in [0.4, 0.5) is 0 Å². The van der Waals surface area contributed by atoms with Crippen molar-refractivity contribution in [2.75, 3.05) is 0 Å². The minimum Gasteiger partial charge on any atom is -0.328 e. The molecule has 2 N–H and O–H groups in total. The van der Waals surface area contributed by atoms with Crippen LogP contribution in [0.25, 0.3) is 0 Å². The zero-order valence-corrected chi connectivity index (χ0v) is 14.2. The SMILES string of the molecule is CCC(CC1CCC(N)CC1)C(CC)C1CCC(=O)CC1. The summed E-state index contributed by atoms with van der Waals surface area (Å²) in [4.78, 5) is 11.5. The Morgan fingerprint density at radius 3 is 2.14 bits per heavy atom. The highest BCUT2D eigenvalue weighted by atomic mass is 16.1. The van der Waals surface area contributed by atoms with Gasteiger partial charge in [0.25, 0.3) is 0 Å². The minimum atomic E-state index is 0.465. The van der Waals surface area contributed by atoms with Gasteiger partial charge in [0.15, 0.2) is 0 Å². The second kappa shape index (κ2) is 8.31. The Balaban J connectivity index is 1.89. The van der Waals surface area contributed by atoms with Gasteiger partial charge in [-0.1, -0.05) is 26.7 Å². The number of rotatable bonds is 6. The topological polar surface area (TPSA) is 43.1 Å². The van der Waals surface area contributed by atoms with Crippen LogP contribution in [0.1, 0.15) is 84.5 Å². The van der Waals surface area contributed by atoms with Crippen molar-refractivity contribution < 1.29 is 4.79 Å². The molecule has 2 atom stereocenters. The van der Waals surface area contributed by atoms with E-state index in [1.165, 1.54) is 44.9 Å². The van der Waals surface area contributed by atoms with Crippen molar-refractivity contribution in [3.8, 4) is 0 Å². The molecule has 0 aliphatic heterocycles. The molecule has 0 bridgehead atoms. The molecule has 2 rings (SSSR count). The van der Waals surface area contributed by atoms with Gasteiger partial charge in [0, 0.05) is 18.9 Å². The summed E-state index contributed by atoms with van der Waals surface area (Å²) in [6, 6.07) is 0.465. The van der Waals surface area contributed by atoms with Gasteiger partial charge in [-0.3, -0.25) is 4.79 Å². The van der Waals surface area contributed by atoms with Crippen LogP contribution in [-0.2, 0) is 4.79 Å². The molecular weight excluding hydrogens is 258 g/mol. The Hall–Kier alpha value is -0.370. The van der Waals surface area contributed by atoms with Crippen LogP contribution < -0.4 is 5.73 Å². The molecule has 0 aromatic rings. The van der Waals surface area contributed by atoms with E-state index in [9.17, 15) is 4.79 Å².